The summed E-state index contributed by atoms with van der Waals surface area (Å²) in [4.78, 5) is 12.7. The molecule has 0 bridgehead atoms. The fourth-order valence-corrected chi connectivity index (χ4v) is 4.08. The fourth-order valence-electron chi connectivity index (χ4n) is 2.91. The molecule has 0 saturated carbocycles. The normalized spacial score (nSPS) is 12.2. The van der Waals surface area contributed by atoms with Crippen LogP contribution in [0.1, 0.15) is 18.1 Å². The van der Waals surface area contributed by atoms with Crippen molar-refractivity contribution in [3.63, 3.8) is 0 Å². The van der Waals surface area contributed by atoms with Gasteiger partial charge in [0.05, 0.1) is 26.2 Å². The fraction of sp³-hybridized carbons (Fsp3) is 0.350. The second-order valence-corrected chi connectivity index (χ2v) is 8.34. The van der Waals surface area contributed by atoms with E-state index in [1.165, 1.54) is 27.2 Å². The highest BCUT2D eigenvalue weighted by molar-refractivity contribution is 7.92. The Hall–Kier alpha value is -2.74. The van der Waals surface area contributed by atoms with Crippen molar-refractivity contribution in [1.82, 2.24) is 5.32 Å². The number of hydrogen-bond acceptors (Lipinski definition) is 5. The number of aryl methyl sites for hydroxylation is 1. The van der Waals surface area contributed by atoms with E-state index in [1.54, 1.807) is 12.1 Å². The van der Waals surface area contributed by atoms with Crippen molar-refractivity contribution in [2.45, 2.75) is 26.4 Å². The third-order valence-corrected chi connectivity index (χ3v) is 5.49. The Labute approximate surface area is 166 Å². The Balaban J connectivity index is 2.31. The first-order valence-corrected chi connectivity index (χ1v) is 10.6. The van der Waals surface area contributed by atoms with Crippen LogP contribution in [-0.2, 0) is 21.4 Å². The van der Waals surface area contributed by atoms with Gasteiger partial charge in [-0.05, 0) is 31.5 Å². The molecule has 1 atom stereocenters. The van der Waals surface area contributed by atoms with Crippen molar-refractivity contribution in [2.75, 3.05) is 24.8 Å². The molecule has 0 aliphatic carbocycles. The molecule has 0 aromatic heterocycles. The summed E-state index contributed by atoms with van der Waals surface area (Å²) in [5.41, 5.74) is 2.26. The summed E-state index contributed by atoms with van der Waals surface area (Å²) in [6.07, 6.45) is 1.05. The summed E-state index contributed by atoms with van der Waals surface area (Å²) in [5.74, 6) is 0.359. The van der Waals surface area contributed by atoms with Crippen LogP contribution in [0.2, 0.25) is 0 Å². The molecule has 2 aromatic rings. The van der Waals surface area contributed by atoms with Crippen LogP contribution >= 0.6 is 0 Å². The zero-order valence-corrected chi connectivity index (χ0v) is 17.5. The predicted octanol–water partition coefficient (Wildman–Crippen LogP) is 2.48. The summed E-state index contributed by atoms with van der Waals surface area (Å²) in [7, 11) is -0.853. The Bertz CT molecular complexity index is 943. The van der Waals surface area contributed by atoms with Crippen LogP contribution in [0.4, 0.5) is 5.69 Å². The van der Waals surface area contributed by atoms with Crippen LogP contribution in [0, 0.1) is 6.92 Å². The highest BCUT2D eigenvalue weighted by atomic mass is 32.2. The van der Waals surface area contributed by atoms with Crippen molar-refractivity contribution in [3.8, 4) is 11.5 Å². The zero-order chi connectivity index (χ0) is 20.9. The largest absolute Gasteiger partial charge is 0.497 e. The molecule has 8 heteroatoms. The number of anilines is 1. The van der Waals surface area contributed by atoms with E-state index in [9.17, 15) is 13.2 Å². The summed E-state index contributed by atoms with van der Waals surface area (Å²) in [6.45, 7) is 3.80. The Kier molecular flexibility index (Phi) is 6.90. The topological polar surface area (TPSA) is 84.9 Å². The van der Waals surface area contributed by atoms with Gasteiger partial charge in [-0.25, -0.2) is 8.42 Å². The summed E-state index contributed by atoms with van der Waals surface area (Å²) < 4.78 is 36.6. The molecule has 0 aliphatic heterocycles. The molecule has 152 valence electrons. The van der Waals surface area contributed by atoms with Crippen molar-refractivity contribution < 1.29 is 22.7 Å². The van der Waals surface area contributed by atoms with Crippen molar-refractivity contribution in [2.24, 2.45) is 0 Å². The molecule has 0 radical (unpaired) electrons. The Morgan fingerprint density at radius 2 is 1.86 bits per heavy atom. The highest BCUT2D eigenvalue weighted by Crippen LogP contribution is 2.35. The number of amides is 1. The van der Waals surface area contributed by atoms with Crippen LogP contribution in [0.5, 0.6) is 11.5 Å². The summed E-state index contributed by atoms with van der Waals surface area (Å²) >= 11 is 0. The maximum atomic E-state index is 12.7. The van der Waals surface area contributed by atoms with E-state index >= 15 is 0 Å². The number of carbonyl (C=O) groups excluding carboxylic acids is 1. The molecule has 0 heterocycles. The number of benzene rings is 2. The zero-order valence-electron chi connectivity index (χ0n) is 16.7. The van der Waals surface area contributed by atoms with Gasteiger partial charge in [-0.3, -0.25) is 9.10 Å². The third-order valence-electron chi connectivity index (χ3n) is 4.26. The monoisotopic (exact) mass is 406 g/mol. The number of sulfonamides is 1. The van der Waals surface area contributed by atoms with E-state index in [-0.39, 0.29) is 5.69 Å². The highest BCUT2D eigenvalue weighted by Gasteiger charge is 2.31. The molecule has 0 aliphatic rings. The molecule has 0 saturated heterocycles. The van der Waals surface area contributed by atoms with Crippen LogP contribution in [0.3, 0.4) is 0 Å². The molecule has 0 unspecified atom stereocenters. The SMILES string of the molecule is COc1ccc(OC)c(N([C@H](C)C(=O)NCc2cccc(C)c2)S(C)(=O)=O)c1. The molecule has 0 fully saturated rings. The molecule has 7 nitrogen and oxygen atoms in total. The molecule has 2 rings (SSSR count). The number of nitrogens with one attached hydrogen (secondary N) is 1. The molecular formula is C20H26N2O5S. The number of carbonyl (C=O) groups is 1. The Morgan fingerprint density at radius 3 is 2.43 bits per heavy atom. The van der Waals surface area contributed by atoms with Gasteiger partial charge in [-0.2, -0.15) is 0 Å². The third kappa shape index (κ3) is 5.16. The van der Waals surface area contributed by atoms with Gasteiger partial charge in [0.25, 0.3) is 0 Å². The number of ether oxygens (including phenoxy) is 2. The Morgan fingerprint density at radius 1 is 1.14 bits per heavy atom. The van der Waals surface area contributed by atoms with Gasteiger partial charge in [0.2, 0.25) is 15.9 Å². The van der Waals surface area contributed by atoms with Crippen LogP contribution in [0.15, 0.2) is 42.5 Å². The molecule has 1 amide bonds. The lowest BCUT2D eigenvalue weighted by molar-refractivity contribution is -0.122. The van der Waals surface area contributed by atoms with E-state index in [0.29, 0.717) is 18.0 Å². The lowest BCUT2D eigenvalue weighted by atomic mass is 10.1. The van der Waals surface area contributed by atoms with E-state index in [0.717, 1.165) is 21.7 Å². The predicted molar refractivity (Wildman–Crippen MR) is 109 cm³/mol. The maximum Gasteiger partial charge on any atom is 0.243 e. The van der Waals surface area contributed by atoms with Crippen molar-refractivity contribution in [3.05, 3.63) is 53.6 Å². The molecule has 1 N–H and O–H groups in total. The van der Waals surface area contributed by atoms with E-state index in [1.807, 2.05) is 31.2 Å². The van der Waals surface area contributed by atoms with Gasteiger partial charge in [0, 0.05) is 12.6 Å². The van der Waals surface area contributed by atoms with Gasteiger partial charge >= 0.3 is 0 Å². The quantitative estimate of drug-likeness (QED) is 0.728. The second kappa shape index (κ2) is 8.97. The lowest BCUT2D eigenvalue weighted by Crippen LogP contribution is -2.47. The van der Waals surface area contributed by atoms with Crippen LogP contribution < -0.4 is 19.1 Å². The molecular weight excluding hydrogens is 380 g/mol. The number of rotatable bonds is 8. The van der Waals surface area contributed by atoms with Gasteiger partial charge in [-0.1, -0.05) is 29.8 Å². The van der Waals surface area contributed by atoms with Crippen LogP contribution in [-0.4, -0.2) is 40.8 Å². The van der Waals surface area contributed by atoms with Gasteiger partial charge in [0.1, 0.15) is 17.5 Å². The average Bonchev–Trinajstić information content (AvgIpc) is 2.65. The number of methoxy groups -OCH3 is 2. The number of nitrogens with zero attached hydrogens (tertiary/aromatic N) is 1. The second-order valence-electron chi connectivity index (χ2n) is 6.48. The minimum absolute atomic E-state index is 0.238. The van der Waals surface area contributed by atoms with Gasteiger partial charge in [-0.15, -0.1) is 0 Å². The molecule has 2 aromatic carbocycles. The summed E-state index contributed by atoms with van der Waals surface area (Å²) in [5, 5.41) is 2.80. The van der Waals surface area contributed by atoms with Crippen molar-refractivity contribution in [1.29, 1.82) is 0 Å². The smallest absolute Gasteiger partial charge is 0.243 e. The van der Waals surface area contributed by atoms with Crippen molar-refractivity contribution >= 4 is 21.6 Å². The van der Waals surface area contributed by atoms with E-state index in [2.05, 4.69) is 5.32 Å². The summed E-state index contributed by atoms with van der Waals surface area (Å²) in [6, 6.07) is 11.5. The minimum atomic E-state index is -3.77. The maximum absolute atomic E-state index is 12.7. The molecule has 28 heavy (non-hydrogen) atoms. The van der Waals surface area contributed by atoms with Gasteiger partial charge in [0.15, 0.2) is 0 Å². The molecule has 0 spiro atoms. The first-order chi connectivity index (χ1) is 13.2. The lowest BCUT2D eigenvalue weighted by Gasteiger charge is -2.29. The first-order valence-electron chi connectivity index (χ1n) is 8.72. The minimum Gasteiger partial charge on any atom is -0.497 e. The van der Waals surface area contributed by atoms with E-state index < -0.39 is 22.0 Å². The van der Waals surface area contributed by atoms with Gasteiger partial charge < -0.3 is 14.8 Å². The average molecular weight is 407 g/mol. The standard InChI is InChI=1S/C20H26N2O5S/c1-14-7-6-8-16(11-14)13-21-20(23)15(2)22(28(5,24)25)18-12-17(26-3)9-10-19(18)27-4/h6-12,15H,13H2,1-5H3,(H,21,23)/t15-/m1/s1. The van der Waals surface area contributed by atoms with Crippen LogP contribution in [0.25, 0.3) is 0 Å². The van der Waals surface area contributed by atoms with E-state index in [4.69, 9.17) is 9.47 Å². The first kappa shape index (κ1) is 21.6. The number of hydrogen-bond donors (Lipinski definition) is 1.